The van der Waals surface area contributed by atoms with Crippen LogP contribution in [0.2, 0.25) is 0 Å². The molecule has 1 heterocycles. The second kappa shape index (κ2) is 8.53. The van der Waals surface area contributed by atoms with E-state index in [0.717, 1.165) is 50.8 Å². The molecule has 1 N–H and O–H groups in total. The molecule has 10 heteroatoms. The summed E-state index contributed by atoms with van der Waals surface area (Å²) < 4.78 is 70.2. The van der Waals surface area contributed by atoms with Crippen LogP contribution in [0.25, 0.3) is 10.1 Å². The first-order valence-corrected chi connectivity index (χ1v) is 11.8. The highest BCUT2D eigenvalue weighted by molar-refractivity contribution is 7.93. The Bertz CT molecular complexity index is 1460. The third-order valence-electron chi connectivity index (χ3n) is 5.10. The first kappa shape index (κ1) is 22.8. The zero-order valence-electron chi connectivity index (χ0n) is 17.1. The molecular weight excluding hydrogens is 475 g/mol. The van der Waals surface area contributed by atoms with Gasteiger partial charge in [-0.1, -0.05) is 18.2 Å². The van der Waals surface area contributed by atoms with E-state index in [1.165, 1.54) is 11.3 Å². The monoisotopic (exact) mass is 491 g/mol. The minimum Gasteiger partial charge on any atom is -0.478 e. The van der Waals surface area contributed by atoms with Gasteiger partial charge in [0.15, 0.2) is 17.5 Å². The lowest BCUT2D eigenvalue weighted by Gasteiger charge is -2.24. The summed E-state index contributed by atoms with van der Waals surface area (Å²) in [6.07, 6.45) is 0. The van der Waals surface area contributed by atoms with Gasteiger partial charge in [-0.25, -0.2) is 26.4 Å². The van der Waals surface area contributed by atoms with E-state index < -0.39 is 40.0 Å². The average molecular weight is 492 g/mol. The SMILES string of the molecule is Cc1c(N(Cc2cc(F)c(F)c(F)c2)S(=O)(=O)c2ccc(C(=O)O)cc2)sc2ccccc12. The third kappa shape index (κ3) is 4.19. The van der Waals surface area contributed by atoms with Crippen LogP contribution in [-0.4, -0.2) is 19.5 Å². The van der Waals surface area contributed by atoms with Crippen molar-refractivity contribution in [3.63, 3.8) is 0 Å². The maximum Gasteiger partial charge on any atom is 0.335 e. The van der Waals surface area contributed by atoms with Gasteiger partial charge in [-0.15, -0.1) is 11.3 Å². The molecule has 0 atom stereocenters. The molecular formula is C23H16F3NO4S2. The lowest BCUT2D eigenvalue weighted by molar-refractivity contribution is 0.0696. The van der Waals surface area contributed by atoms with Crippen molar-refractivity contribution in [2.24, 2.45) is 0 Å². The van der Waals surface area contributed by atoms with E-state index in [0.29, 0.717) is 10.6 Å². The van der Waals surface area contributed by atoms with Gasteiger partial charge in [-0.2, -0.15) is 0 Å². The zero-order chi connectivity index (χ0) is 23.9. The Labute approximate surface area is 191 Å². The number of carbonyl (C=O) groups is 1. The number of carboxylic acid groups (broad SMARTS) is 1. The molecule has 170 valence electrons. The molecule has 0 amide bonds. The molecule has 3 aromatic carbocycles. The average Bonchev–Trinajstić information content (AvgIpc) is 3.12. The van der Waals surface area contributed by atoms with E-state index in [4.69, 9.17) is 5.11 Å². The summed E-state index contributed by atoms with van der Waals surface area (Å²) in [6, 6.07) is 13.4. The molecule has 4 aromatic rings. The Kier molecular flexibility index (Phi) is 5.89. The molecule has 0 radical (unpaired) electrons. The fourth-order valence-electron chi connectivity index (χ4n) is 3.43. The lowest BCUT2D eigenvalue weighted by atomic mass is 10.2. The van der Waals surface area contributed by atoms with Crippen molar-refractivity contribution < 1.29 is 31.5 Å². The maximum atomic E-state index is 13.8. The molecule has 0 aliphatic rings. The number of sulfonamides is 1. The van der Waals surface area contributed by atoms with Gasteiger partial charge >= 0.3 is 5.97 Å². The number of rotatable bonds is 6. The van der Waals surface area contributed by atoms with Crippen molar-refractivity contribution in [1.82, 2.24) is 0 Å². The second-order valence-corrected chi connectivity index (χ2v) is 10.1. The summed E-state index contributed by atoms with van der Waals surface area (Å²) in [7, 11) is -4.29. The van der Waals surface area contributed by atoms with Crippen LogP contribution in [0.1, 0.15) is 21.5 Å². The van der Waals surface area contributed by atoms with Gasteiger partial charge < -0.3 is 5.11 Å². The van der Waals surface area contributed by atoms with Crippen molar-refractivity contribution in [2.75, 3.05) is 4.31 Å². The molecule has 0 spiro atoms. The summed E-state index contributed by atoms with van der Waals surface area (Å²) >= 11 is 1.18. The topological polar surface area (TPSA) is 74.7 Å². The summed E-state index contributed by atoms with van der Waals surface area (Å²) in [4.78, 5) is 10.9. The van der Waals surface area contributed by atoms with Gasteiger partial charge in [0.2, 0.25) is 0 Å². The zero-order valence-corrected chi connectivity index (χ0v) is 18.7. The highest BCUT2D eigenvalue weighted by Crippen LogP contribution is 2.40. The van der Waals surface area contributed by atoms with E-state index >= 15 is 0 Å². The molecule has 33 heavy (non-hydrogen) atoms. The summed E-state index contributed by atoms with van der Waals surface area (Å²) in [6.45, 7) is 1.26. The maximum absolute atomic E-state index is 13.8. The van der Waals surface area contributed by atoms with Crippen molar-refractivity contribution in [3.05, 3.63) is 94.8 Å². The second-order valence-electron chi connectivity index (χ2n) is 7.24. The fourth-order valence-corrected chi connectivity index (χ4v) is 6.36. The molecule has 4 rings (SSSR count). The molecule has 0 aliphatic carbocycles. The normalized spacial score (nSPS) is 11.6. The first-order valence-electron chi connectivity index (χ1n) is 9.57. The standard InChI is InChI=1S/C23H16F3NO4S2/c1-13-17-4-2-3-5-20(17)32-22(13)27(12-14-10-18(24)21(26)19(25)11-14)33(30,31)16-8-6-15(7-9-16)23(28)29/h2-11H,12H2,1H3,(H,28,29). The largest absolute Gasteiger partial charge is 0.478 e. The number of fused-ring (bicyclic) bond motifs is 1. The fraction of sp³-hybridized carbons (Fsp3) is 0.0870. The van der Waals surface area contributed by atoms with Gasteiger partial charge in [-0.3, -0.25) is 4.31 Å². The van der Waals surface area contributed by atoms with Crippen LogP contribution in [0.4, 0.5) is 18.2 Å². The number of benzene rings is 3. The Hall–Kier alpha value is -3.37. The molecule has 0 aliphatic heterocycles. The predicted molar refractivity (Wildman–Crippen MR) is 120 cm³/mol. The van der Waals surface area contributed by atoms with Gasteiger partial charge in [0.25, 0.3) is 10.0 Å². The summed E-state index contributed by atoms with van der Waals surface area (Å²) in [5.41, 5.74) is 0.458. The number of aryl methyl sites for hydroxylation is 1. The number of thiophene rings is 1. The van der Waals surface area contributed by atoms with E-state index in [1.54, 1.807) is 19.1 Å². The van der Waals surface area contributed by atoms with Crippen LogP contribution in [0.15, 0.2) is 65.6 Å². The van der Waals surface area contributed by atoms with Crippen LogP contribution in [-0.2, 0) is 16.6 Å². The van der Waals surface area contributed by atoms with Crippen LogP contribution in [0, 0.1) is 24.4 Å². The molecule has 5 nitrogen and oxygen atoms in total. The Morgan fingerprint density at radius 2 is 1.61 bits per heavy atom. The van der Waals surface area contributed by atoms with Gasteiger partial charge in [0.1, 0.15) is 5.00 Å². The van der Waals surface area contributed by atoms with Gasteiger partial charge in [-0.05, 0) is 65.9 Å². The minimum absolute atomic E-state index is 0.0889. The van der Waals surface area contributed by atoms with Crippen molar-refractivity contribution in [1.29, 1.82) is 0 Å². The molecule has 0 saturated carbocycles. The Morgan fingerprint density at radius 3 is 2.18 bits per heavy atom. The summed E-state index contributed by atoms with van der Waals surface area (Å²) in [5, 5.41) is 10.2. The molecule has 0 fully saturated rings. The molecule has 0 unspecified atom stereocenters. The van der Waals surface area contributed by atoms with Crippen LogP contribution in [0.3, 0.4) is 0 Å². The number of nitrogens with zero attached hydrogens (tertiary/aromatic N) is 1. The van der Waals surface area contributed by atoms with E-state index in [9.17, 15) is 26.4 Å². The van der Waals surface area contributed by atoms with E-state index in [-0.39, 0.29) is 16.0 Å². The van der Waals surface area contributed by atoms with Crippen LogP contribution < -0.4 is 4.31 Å². The van der Waals surface area contributed by atoms with Crippen molar-refractivity contribution in [3.8, 4) is 0 Å². The van der Waals surface area contributed by atoms with Crippen molar-refractivity contribution in [2.45, 2.75) is 18.4 Å². The molecule has 1 aromatic heterocycles. The summed E-state index contributed by atoms with van der Waals surface area (Å²) in [5.74, 6) is -5.72. The van der Waals surface area contributed by atoms with Crippen LogP contribution in [0.5, 0.6) is 0 Å². The third-order valence-corrected chi connectivity index (χ3v) is 8.28. The van der Waals surface area contributed by atoms with Gasteiger partial charge in [0, 0.05) is 4.70 Å². The smallest absolute Gasteiger partial charge is 0.335 e. The number of anilines is 1. The van der Waals surface area contributed by atoms with E-state index in [1.807, 2.05) is 12.1 Å². The minimum atomic E-state index is -4.29. The Morgan fingerprint density at radius 1 is 1.00 bits per heavy atom. The van der Waals surface area contributed by atoms with Crippen LogP contribution >= 0.6 is 11.3 Å². The van der Waals surface area contributed by atoms with Gasteiger partial charge in [0.05, 0.1) is 17.0 Å². The number of hydrogen-bond acceptors (Lipinski definition) is 4. The number of hydrogen-bond donors (Lipinski definition) is 1. The first-order chi connectivity index (χ1) is 15.6. The lowest BCUT2D eigenvalue weighted by Crippen LogP contribution is -2.30. The predicted octanol–water partition coefficient (Wildman–Crippen LogP) is 5.72. The van der Waals surface area contributed by atoms with Crippen molar-refractivity contribution >= 4 is 42.4 Å². The molecule has 0 bridgehead atoms. The highest BCUT2D eigenvalue weighted by atomic mass is 32.2. The number of aromatic carboxylic acids is 1. The Balaban J connectivity index is 1.88. The molecule has 0 saturated heterocycles. The number of carboxylic acids is 1. The number of halogens is 3. The highest BCUT2D eigenvalue weighted by Gasteiger charge is 2.29. The van der Waals surface area contributed by atoms with E-state index in [2.05, 4.69) is 0 Å². The quantitative estimate of drug-likeness (QED) is 0.350.